The molecule has 21 heavy (non-hydrogen) atoms. The number of benzene rings is 1. The van der Waals surface area contributed by atoms with E-state index in [9.17, 15) is 5.11 Å². The molecule has 4 heteroatoms. The molecule has 0 aliphatic heterocycles. The summed E-state index contributed by atoms with van der Waals surface area (Å²) in [6.07, 6.45) is 5.12. The number of ether oxygens (including phenoxy) is 1. The van der Waals surface area contributed by atoms with Gasteiger partial charge in [0, 0.05) is 13.1 Å². The number of hydrogen-bond acceptors (Lipinski definition) is 3. The molecule has 120 valence electrons. The second-order valence-electron chi connectivity index (χ2n) is 6.35. The van der Waals surface area contributed by atoms with E-state index in [1.165, 1.54) is 25.7 Å². The van der Waals surface area contributed by atoms with Gasteiger partial charge >= 0.3 is 0 Å². The van der Waals surface area contributed by atoms with Gasteiger partial charge in [0.15, 0.2) is 11.5 Å². The van der Waals surface area contributed by atoms with Gasteiger partial charge in [-0.3, -0.25) is 0 Å². The number of phenolic OH excluding ortho intramolecular Hbond substituents is 1. The lowest BCUT2D eigenvalue weighted by molar-refractivity contribution is 0.301. The van der Waals surface area contributed by atoms with E-state index in [-0.39, 0.29) is 5.75 Å². The summed E-state index contributed by atoms with van der Waals surface area (Å²) in [7, 11) is 1.57. The smallest absolute Gasteiger partial charge is 0.172 e. The first-order valence-corrected chi connectivity index (χ1v) is 8.45. The summed E-state index contributed by atoms with van der Waals surface area (Å²) in [4.78, 5) is 0. The van der Waals surface area contributed by atoms with Gasteiger partial charge in [-0.25, -0.2) is 0 Å². The Morgan fingerprint density at radius 2 is 2.00 bits per heavy atom. The minimum Gasteiger partial charge on any atom is -0.503 e. The van der Waals surface area contributed by atoms with Gasteiger partial charge in [-0.2, -0.15) is 0 Å². The topological polar surface area (TPSA) is 41.5 Å². The van der Waals surface area contributed by atoms with E-state index in [1.807, 2.05) is 12.1 Å². The van der Waals surface area contributed by atoms with Crippen LogP contribution in [-0.4, -0.2) is 18.8 Å². The Morgan fingerprint density at radius 1 is 1.29 bits per heavy atom. The van der Waals surface area contributed by atoms with Crippen LogP contribution in [0.1, 0.15) is 52.0 Å². The Labute approximate surface area is 137 Å². The van der Waals surface area contributed by atoms with Gasteiger partial charge in [0.2, 0.25) is 0 Å². The van der Waals surface area contributed by atoms with Crippen LogP contribution in [0.15, 0.2) is 16.6 Å². The summed E-state index contributed by atoms with van der Waals surface area (Å²) in [5, 5.41) is 13.3. The molecule has 0 saturated heterocycles. The van der Waals surface area contributed by atoms with Gasteiger partial charge in [0.25, 0.3) is 0 Å². The van der Waals surface area contributed by atoms with Gasteiger partial charge in [0.1, 0.15) is 0 Å². The molecule has 0 atom stereocenters. The number of aromatic hydroxyl groups is 1. The largest absolute Gasteiger partial charge is 0.503 e. The van der Waals surface area contributed by atoms with Crippen LogP contribution in [0.5, 0.6) is 11.5 Å². The lowest BCUT2D eigenvalue weighted by Crippen LogP contribution is -2.29. The number of methoxy groups -OCH3 is 1. The van der Waals surface area contributed by atoms with Crippen molar-refractivity contribution in [1.29, 1.82) is 0 Å². The van der Waals surface area contributed by atoms with Crippen molar-refractivity contribution in [1.82, 2.24) is 5.32 Å². The Morgan fingerprint density at radius 3 is 2.62 bits per heavy atom. The zero-order valence-electron chi connectivity index (χ0n) is 13.6. The minimum atomic E-state index is 0.154. The quantitative estimate of drug-likeness (QED) is 0.620. The van der Waals surface area contributed by atoms with Crippen LogP contribution in [0.3, 0.4) is 0 Å². The van der Waals surface area contributed by atoms with E-state index in [0.29, 0.717) is 15.6 Å². The van der Waals surface area contributed by atoms with Crippen molar-refractivity contribution in [2.24, 2.45) is 5.41 Å². The molecule has 1 aromatic carbocycles. The fourth-order valence-electron chi connectivity index (χ4n) is 2.37. The zero-order chi connectivity index (χ0) is 15.9. The average Bonchev–Trinajstić information content (AvgIpc) is 2.42. The van der Waals surface area contributed by atoms with Crippen LogP contribution in [0.25, 0.3) is 0 Å². The Bertz CT molecular complexity index is 447. The van der Waals surface area contributed by atoms with E-state index in [2.05, 4.69) is 42.0 Å². The third kappa shape index (κ3) is 6.27. The molecule has 2 N–H and O–H groups in total. The number of phenols is 1. The molecular weight excluding hydrogens is 330 g/mol. The molecule has 1 aromatic rings. The molecule has 0 saturated carbocycles. The molecule has 0 heterocycles. The molecular formula is C17H28BrNO2. The molecule has 0 aliphatic carbocycles. The summed E-state index contributed by atoms with van der Waals surface area (Å²) < 4.78 is 5.84. The number of halogens is 1. The molecule has 3 nitrogen and oxygen atoms in total. The fraction of sp³-hybridized carbons (Fsp3) is 0.647. The minimum absolute atomic E-state index is 0.154. The van der Waals surface area contributed by atoms with Crippen molar-refractivity contribution in [2.45, 2.75) is 53.0 Å². The summed E-state index contributed by atoms with van der Waals surface area (Å²) in [5.74, 6) is 0.657. The van der Waals surface area contributed by atoms with Crippen molar-refractivity contribution >= 4 is 15.9 Å². The first-order valence-electron chi connectivity index (χ1n) is 7.65. The summed E-state index contributed by atoms with van der Waals surface area (Å²) in [6, 6.07) is 3.80. The second-order valence-corrected chi connectivity index (χ2v) is 7.21. The van der Waals surface area contributed by atoms with Crippen molar-refractivity contribution in [3.63, 3.8) is 0 Å². The standard InChI is InChI=1S/C17H28BrNO2/c1-5-6-7-8-17(2,3)12-19-11-13-9-14(18)16(20)15(10-13)21-4/h9-10,19-20H,5-8,11-12H2,1-4H3. The van der Waals surface area contributed by atoms with Gasteiger partial charge < -0.3 is 15.2 Å². The molecule has 0 aromatic heterocycles. The maximum Gasteiger partial charge on any atom is 0.172 e. The first kappa shape index (κ1) is 18.3. The predicted molar refractivity (Wildman–Crippen MR) is 92.0 cm³/mol. The number of nitrogens with one attached hydrogen (secondary N) is 1. The Hall–Kier alpha value is -0.740. The molecule has 0 aliphatic rings. The van der Waals surface area contributed by atoms with Crippen molar-refractivity contribution in [3.05, 3.63) is 22.2 Å². The molecule has 0 amide bonds. The number of hydrogen-bond donors (Lipinski definition) is 2. The maximum absolute atomic E-state index is 9.80. The van der Waals surface area contributed by atoms with Crippen LogP contribution in [0.4, 0.5) is 0 Å². The highest BCUT2D eigenvalue weighted by atomic mass is 79.9. The predicted octanol–water partition coefficient (Wildman–Crippen LogP) is 4.86. The zero-order valence-corrected chi connectivity index (χ0v) is 15.2. The van der Waals surface area contributed by atoms with Crippen LogP contribution < -0.4 is 10.1 Å². The van der Waals surface area contributed by atoms with Gasteiger partial charge in [0.05, 0.1) is 11.6 Å². The number of rotatable bonds is 9. The first-order chi connectivity index (χ1) is 9.89. The van der Waals surface area contributed by atoms with E-state index in [4.69, 9.17) is 4.74 Å². The molecule has 0 radical (unpaired) electrons. The third-order valence-corrected chi connectivity index (χ3v) is 4.30. The average molecular weight is 358 g/mol. The summed E-state index contributed by atoms with van der Waals surface area (Å²) in [5.41, 5.74) is 1.41. The molecule has 1 rings (SSSR count). The highest BCUT2D eigenvalue weighted by molar-refractivity contribution is 9.10. The van der Waals surface area contributed by atoms with E-state index >= 15 is 0 Å². The van der Waals surface area contributed by atoms with Crippen LogP contribution >= 0.6 is 15.9 Å². The van der Waals surface area contributed by atoms with Crippen molar-refractivity contribution in [2.75, 3.05) is 13.7 Å². The van der Waals surface area contributed by atoms with Crippen molar-refractivity contribution < 1.29 is 9.84 Å². The summed E-state index contributed by atoms with van der Waals surface area (Å²) in [6.45, 7) is 8.61. The Balaban J connectivity index is 2.50. The van der Waals surface area contributed by atoms with E-state index < -0.39 is 0 Å². The molecule has 0 bridgehead atoms. The maximum atomic E-state index is 9.80. The number of unbranched alkanes of at least 4 members (excludes halogenated alkanes) is 2. The monoisotopic (exact) mass is 357 g/mol. The highest BCUT2D eigenvalue weighted by Gasteiger charge is 2.17. The van der Waals surface area contributed by atoms with Crippen molar-refractivity contribution in [3.8, 4) is 11.5 Å². The fourth-order valence-corrected chi connectivity index (χ4v) is 2.86. The normalized spacial score (nSPS) is 11.7. The van der Waals surface area contributed by atoms with Crippen LogP contribution in [-0.2, 0) is 6.54 Å². The third-order valence-electron chi connectivity index (χ3n) is 3.70. The molecule has 0 spiro atoms. The van der Waals surface area contributed by atoms with E-state index in [1.54, 1.807) is 7.11 Å². The van der Waals surface area contributed by atoms with E-state index in [0.717, 1.165) is 18.7 Å². The van der Waals surface area contributed by atoms with Gasteiger partial charge in [-0.15, -0.1) is 0 Å². The Kier molecular flexibility index (Phi) is 7.53. The highest BCUT2D eigenvalue weighted by Crippen LogP contribution is 2.35. The molecule has 0 fully saturated rings. The second kappa shape index (κ2) is 8.64. The van der Waals surface area contributed by atoms with Crippen LogP contribution in [0.2, 0.25) is 0 Å². The lowest BCUT2D eigenvalue weighted by atomic mass is 9.87. The van der Waals surface area contributed by atoms with Gasteiger partial charge in [-0.1, -0.05) is 40.0 Å². The van der Waals surface area contributed by atoms with Crippen LogP contribution in [0, 0.1) is 5.41 Å². The van der Waals surface area contributed by atoms with Gasteiger partial charge in [-0.05, 0) is 45.5 Å². The SMILES string of the molecule is CCCCCC(C)(C)CNCc1cc(Br)c(O)c(OC)c1. The molecule has 0 unspecified atom stereocenters. The summed E-state index contributed by atoms with van der Waals surface area (Å²) >= 11 is 3.35. The lowest BCUT2D eigenvalue weighted by Gasteiger charge is -2.25.